The average Bonchev–Trinajstić information content (AvgIpc) is 2.87. The lowest BCUT2D eigenvalue weighted by atomic mass is 10.2. The third-order valence-electron chi connectivity index (χ3n) is 2.89. The van der Waals surface area contributed by atoms with Crippen molar-refractivity contribution in [2.75, 3.05) is 0 Å². The molecule has 0 fully saturated rings. The summed E-state index contributed by atoms with van der Waals surface area (Å²) in [6.07, 6.45) is 1.63. The minimum Gasteiger partial charge on any atom is -0.476 e. The van der Waals surface area contributed by atoms with E-state index in [0.29, 0.717) is 0 Å². The molecule has 0 unspecified atom stereocenters. The molecular weight excluding hydrogens is 242 g/mol. The molecule has 1 aromatic carbocycles. The topological polar surface area (TPSA) is 68.0 Å². The van der Waals surface area contributed by atoms with Gasteiger partial charge in [0.05, 0.1) is 11.2 Å². The Hall–Kier alpha value is -2.69. The molecule has 0 aliphatic heterocycles. The zero-order valence-electron chi connectivity index (χ0n) is 10.2. The van der Waals surface area contributed by atoms with Crippen LogP contribution in [0.5, 0.6) is 0 Å². The Balaban J connectivity index is 2.23. The Kier molecular flexibility index (Phi) is 2.52. The Bertz CT molecular complexity index is 777. The number of carbonyl (C=O) groups is 1. The molecule has 0 spiro atoms. The normalized spacial score (nSPS) is 10.8. The largest absolute Gasteiger partial charge is 0.476 e. The fourth-order valence-electron chi connectivity index (χ4n) is 1.99. The predicted molar refractivity (Wildman–Crippen MR) is 70.6 cm³/mol. The van der Waals surface area contributed by atoms with Crippen LogP contribution in [0.3, 0.4) is 0 Å². The number of nitrogens with zero attached hydrogens (tertiary/aromatic N) is 3. The van der Waals surface area contributed by atoms with Gasteiger partial charge in [0.25, 0.3) is 0 Å². The zero-order chi connectivity index (χ0) is 13.4. The second-order valence-corrected chi connectivity index (χ2v) is 4.25. The molecule has 1 N–H and O–H groups in total. The summed E-state index contributed by atoms with van der Waals surface area (Å²) in [6.45, 7) is 1.92. The van der Waals surface area contributed by atoms with E-state index < -0.39 is 5.97 Å². The number of fused-ring (bicyclic) bond motifs is 1. The first-order valence-corrected chi connectivity index (χ1v) is 5.81. The monoisotopic (exact) mass is 253 g/mol. The van der Waals surface area contributed by atoms with E-state index in [9.17, 15) is 4.79 Å². The van der Waals surface area contributed by atoms with E-state index in [1.54, 1.807) is 6.20 Å². The highest BCUT2D eigenvalue weighted by Gasteiger charge is 2.10. The SMILES string of the molecule is Cc1ccc2cccc(-n3ccc(C(=O)O)n3)c2n1. The van der Waals surface area contributed by atoms with Gasteiger partial charge in [0.1, 0.15) is 0 Å². The van der Waals surface area contributed by atoms with Crippen molar-refractivity contribution >= 4 is 16.9 Å². The molecule has 0 saturated carbocycles. The first-order valence-electron chi connectivity index (χ1n) is 5.81. The number of carboxylic acids is 1. The molecule has 0 bridgehead atoms. The smallest absolute Gasteiger partial charge is 0.356 e. The van der Waals surface area contributed by atoms with E-state index in [2.05, 4.69) is 10.1 Å². The van der Waals surface area contributed by atoms with Gasteiger partial charge in [-0.1, -0.05) is 18.2 Å². The van der Waals surface area contributed by atoms with E-state index in [4.69, 9.17) is 5.11 Å². The molecule has 0 radical (unpaired) electrons. The third kappa shape index (κ3) is 1.95. The van der Waals surface area contributed by atoms with Crippen LogP contribution in [0.4, 0.5) is 0 Å². The molecule has 0 saturated heterocycles. The van der Waals surface area contributed by atoms with E-state index >= 15 is 0 Å². The number of rotatable bonds is 2. The summed E-state index contributed by atoms with van der Waals surface area (Å²) in [6, 6.07) is 11.1. The van der Waals surface area contributed by atoms with Crippen LogP contribution in [0.1, 0.15) is 16.2 Å². The number of hydrogen-bond donors (Lipinski definition) is 1. The van der Waals surface area contributed by atoms with Crippen molar-refractivity contribution in [3.8, 4) is 5.69 Å². The Morgan fingerprint density at radius 1 is 1.21 bits per heavy atom. The molecule has 19 heavy (non-hydrogen) atoms. The Morgan fingerprint density at radius 2 is 2.05 bits per heavy atom. The molecule has 5 heteroatoms. The third-order valence-corrected chi connectivity index (χ3v) is 2.89. The van der Waals surface area contributed by atoms with Crippen LogP contribution in [0, 0.1) is 6.92 Å². The second-order valence-electron chi connectivity index (χ2n) is 4.25. The number of para-hydroxylation sites is 1. The summed E-state index contributed by atoms with van der Waals surface area (Å²) in [5.41, 5.74) is 2.51. The van der Waals surface area contributed by atoms with Gasteiger partial charge in [0.15, 0.2) is 5.69 Å². The van der Waals surface area contributed by atoms with Crippen molar-refractivity contribution in [1.29, 1.82) is 0 Å². The van der Waals surface area contributed by atoms with Crippen LogP contribution in [-0.2, 0) is 0 Å². The van der Waals surface area contributed by atoms with Crippen LogP contribution >= 0.6 is 0 Å². The van der Waals surface area contributed by atoms with Gasteiger partial charge in [-0.25, -0.2) is 9.48 Å². The number of aromatic carboxylic acids is 1. The number of aryl methyl sites for hydroxylation is 1. The minimum absolute atomic E-state index is 0.0182. The van der Waals surface area contributed by atoms with Gasteiger partial charge in [-0.15, -0.1) is 0 Å². The molecule has 94 valence electrons. The highest BCUT2D eigenvalue weighted by molar-refractivity contribution is 5.87. The molecule has 0 aliphatic rings. The lowest BCUT2D eigenvalue weighted by molar-refractivity contribution is 0.0690. The van der Waals surface area contributed by atoms with Gasteiger partial charge in [0, 0.05) is 17.3 Å². The number of benzene rings is 1. The van der Waals surface area contributed by atoms with Crippen molar-refractivity contribution in [2.45, 2.75) is 6.92 Å². The summed E-state index contributed by atoms with van der Waals surface area (Å²) in [5, 5.41) is 13.9. The summed E-state index contributed by atoms with van der Waals surface area (Å²) < 4.78 is 1.54. The van der Waals surface area contributed by atoms with Gasteiger partial charge in [-0.05, 0) is 25.1 Å². The fourth-order valence-corrected chi connectivity index (χ4v) is 1.99. The molecule has 5 nitrogen and oxygen atoms in total. The standard InChI is InChI=1S/C14H11N3O2/c1-9-5-6-10-3-2-4-12(13(10)15-9)17-8-7-11(16-17)14(18)19/h2-8H,1H3,(H,18,19). The highest BCUT2D eigenvalue weighted by atomic mass is 16.4. The summed E-state index contributed by atoms with van der Waals surface area (Å²) in [7, 11) is 0. The van der Waals surface area contributed by atoms with Gasteiger partial charge in [0.2, 0.25) is 0 Å². The maximum Gasteiger partial charge on any atom is 0.356 e. The first-order chi connectivity index (χ1) is 9.15. The molecule has 3 aromatic rings. The van der Waals surface area contributed by atoms with Crippen molar-refractivity contribution in [3.63, 3.8) is 0 Å². The lowest BCUT2D eigenvalue weighted by Gasteiger charge is -2.06. The Morgan fingerprint density at radius 3 is 2.79 bits per heavy atom. The number of hydrogen-bond acceptors (Lipinski definition) is 3. The molecule has 2 aromatic heterocycles. The van der Waals surface area contributed by atoms with E-state index in [-0.39, 0.29) is 5.69 Å². The van der Waals surface area contributed by atoms with Crippen LogP contribution in [0.2, 0.25) is 0 Å². The van der Waals surface area contributed by atoms with Gasteiger partial charge in [-0.2, -0.15) is 5.10 Å². The molecule has 0 atom stereocenters. The van der Waals surface area contributed by atoms with Crippen LogP contribution in [-0.4, -0.2) is 25.8 Å². The van der Waals surface area contributed by atoms with Gasteiger partial charge < -0.3 is 5.11 Å². The zero-order valence-corrected chi connectivity index (χ0v) is 10.2. The molecule has 2 heterocycles. The molecular formula is C14H11N3O2. The fraction of sp³-hybridized carbons (Fsp3) is 0.0714. The van der Waals surface area contributed by atoms with E-state index in [1.807, 2.05) is 37.3 Å². The van der Waals surface area contributed by atoms with Crippen molar-refractivity contribution < 1.29 is 9.90 Å². The van der Waals surface area contributed by atoms with Crippen LogP contribution in [0.15, 0.2) is 42.6 Å². The van der Waals surface area contributed by atoms with Crippen LogP contribution < -0.4 is 0 Å². The molecule has 0 aliphatic carbocycles. The highest BCUT2D eigenvalue weighted by Crippen LogP contribution is 2.20. The number of pyridine rings is 1. The summed E-state index contributed by atoms with van der Waals surface area (Å²) in [4.78, 5) is 15.4. The van der Waals surface area contributed by atoms with Crippen molar-refractivity contribution in [1.82, 2.24) is 14.8 Å². The maximum absolute atomic E-state index is 10.9. The van der Waals surface area contributed by atoms with E-state index in [1.165, 1.54) is 10.7 Å². The number of carboxylic acid groups (broad SMARTS) is 1. The van der Waals surface area contributed by atoms with Crippen molar-refractivity contribution in [3.05, 3.63) is 54.0 Å². The van der Waals surface area contributed by atoms with E-state index in [0.717, 1.165) is 22.3 Å². The predicted octanol–water partition coefficient (Wildman–Crippen LogP) is 2.43. The minimum atomic E-state index is -1.04. The van der Waals surface area contributed by atoms with Crippen molar-refractivity contribution in [2.24, 2.45) is 0 Å². The number of aromatic nitrogens is 3. The lowest BCUT2D eigenvalue weighted by Crippen LogP contribution is -2.02. The van der Waals surface area contributed by atoms with Gasteiger partial charge >= 0.3 is 5.97 Å². The van der Waals surface area contributed by atoms with Crippen LogP contribution in [0.25, 0.3) is 16.6 Å². The Labute approximate surface area is 109 Å². The first kappa shape index (κ1) is 11.4. The average molecular weight is 253 g/mol. The summed E-state index contributed by atoms with van der Waals surface area (Å²) >= 11 is 0. The molecule has 0 amide bonds. The molecule has 3 rings (SSSR count). The quantitative estimate of drug-likeness (QED) is 0.761. The maximum atomic E-state index is 10.9. The second kappa shape index (κ2) is 4.20. The summed E-state index contributed by atoms with van der Waals surface area (Å²) in [5.74, 6) is -1.04. The van der Waals surface area contributed by atoms with Gasteiger partial charge in [-0.3, -0.25) is 4.98 Å².